The molecule has 98 valence electrons. The van der Waals surface area contributed by atoms with E-state index in [1.807, 2.05) is 25.1 Å². The lowest BCUT2D eigenvalue weighted by atomic mass is 10.1. The summed E-state index contributed by atoms with van der Waals surface area (Å²) >= 11 is 9.29. The Balaban J connectivity index is 2.22. The van der Waals surface area contributed by atoms with Crippen molar-refractivity contribution < 1.29 is 4.79 Å². The van der Waals surface area contributed by atoms with Crippen LogP contribution in [0.15, 0.2) is 40.9 Å². The molecule has 0 atom stereocenters. The number of hydrogen-bond acceptors (Lipinski definition) is 2. The van der Waals surface area contributed by atoms with Crippen molar-refractivity contribution in [2.75, 3.05) is 11.1 Å². The van der Waals surface area contributed by atoms with Crippen molar-refractivity contribution in [2.24, 2.45) is 0 Å². The summed E-state index contributed by atoms with van der Waals surface area (Å²) in [5.74, 6) is -0.240. The Hall–Kier alpha value is -1.52. The molecule has 0 aliphatic heterocycles. The predicted octanol–water partition coefficient (Wildman–Crippen LogP) is 4.25. The van der Waals surface area contributed by atoms with Crippen LogP contribution in [-0.2, 0) is 0 Å². The third-order valence-corrected chi connectivity index (χ3v) is 3.71. The number of carbonyl (C=O) groups excluding carboxylic acids is 1. The van der Waals surface area contributed by atoms with Crippen LogP contribution in [0.1, 0.15) is 15.9 Å². The molecule has 3 N–H and O–H groups in total. The molecular formula is C14H12BrClN2O. The van der Waals surface area contributed by atoms with E-state index in [2.05, 4.69) is 21.2 Å². The zero-order chi connectivity index (χ0) is 14.0. The first-order valence-corrected chi connectivity index (χ1v) is 6.76. The molecule has 0 saturated heterocycles. The smallest absolute Gasteiger partial charge is 0.255 e. The fraction of sp³-hybridized carbons (Fsp3) is 0.0714. The SMILES string of the molecule is Cc1cc(NC(=O)c2cc(N)cc(Cl)c2)ccc1Br. The highest BCUT2D eigenvalue weighted by Gasteiger charge is 2.08. The predicted molar refractivity (Wildman–Crippen MR) is 82.7 cm³/mol. The van der Waals surface area contributed by atoms with Crippen LogP contribution in [0.2, 0.25) is 5.02 Å². The van der Waals surface area contributed by atoms with Crippen LogP contribution in [0.5, 0.6) is 0 Å². The number of nitrogens with two attached hydrogens (primary N) is 1. The molecule has 0 spiro atoms. The fourth-order valence-electron chi connectivity index (χ4n) is 1.67. The molecule has 0 aliphatic rings. The van der Waals surface area contributed by atoms with E-state index >= 15 is 0 Å². The highest BCUT2D eigenvalue weighted by atomic mass is 79.9. The Morgan fingerprint density at radius 3 is 2.63 bits per heavy atom. The van der Waals surface area contributed by atoms with Crippen LogP contribution < -0.4 is 11.1 Å². The minimum absolute atomic E-state index is 0.240. The van der Waals surface area contributed by atoms with Gasteiger partial charge in [-0.25, -0.2) is 0 Å². The topological polar surface area (TPSA) is 55.1 Å². The quantitative estimate of drug-likeness (QED) is 0.804. The molecule has 1 amide bonds. The second-order valence-electron chi connectivity index (χ2n) is 4.19. The Kier molecular flexibility index (Phi) is 4.12. The van der Waals surface area contributed by atoms with Gasteiger partial charge in [-0.05, 0) is 48.9 Å². The van der Waals surface area contributed by atoms with Crippen LogP contribution in [0.25, 0.3) is 0 Å². The molecule has 2 aromatic carbocycles. The molecule has 3 nitrogen and oxygen atoms in total. The number of halogens is 2. The summed E-state index contributed by atoms with van der Waals surface area (Å²) in [6, 6.07) is 10.4. The van der Waals surface area contributed by atoms with E-state index in [-0.39, 0.29) is 5.91 Å². The summed E-state index contributed by atoms with van der Waals surface area (Å²) in [4.78, 5) is 12.1. The molecule has 0 aromatic heterocycles. The van der Waals surface area contributed by atoms with Gasteiger partial charge >= 0.3 is 0 Å². The van der Waals surface area contributed by atoms with Crippen molar-refractivity contribution in [3.63, 3.8) is 0 Å². The number of nitrogens with one attached hydrogen (secondary N) is 1. The van der Waals surface area contributed by atoms with Crippen molar-refractivity contribution in [1.82, 2.24) is 0 Å². The number of hydrogen-bond donors (Lipinski definition) is 2. The van der Waals surface area contributed by atoms with Gasteiger partial charge in [0.1, 0.15) is 0 Å². The maximum Gasteiger partial charge on any atom is 0.255 e. The minimum Gasteiger partial charge on any atom is -0.399 e. The highest BCUT2D eigenvalue weighted by molar-refractivity contribution is 9.10. The van der Waals surface area contributed by atoms with Gasteiger partial charge in [-0.1, -0.05) is 27.5 Å². The van der Waals surface area contributed by atoms with E-state index in [0.29, 0.717) is 16.3 Å². The number of rotatable bonds is 2. The zero-order valence-electron chi connectivity index (χ0n) is 10.2. The van der Waals surface area contributed by atoms with E-state index in [0.717, 1.165) is 15.7 Å². The van der Waals surface area contributed by atoms with Gasteiger partial charge in [0.25, 0.3) is 5.91 Å². The first kappa shape index (κ1) is 13.9. The van der Waals surface area contributed by atoms with Gasteiger partial charge in [0.05, 0.1) is 0 Å². The third-order valence-electron chi connectivity index (χ3n) is 2.60. The number of benzene rings is 2. The lowest BCUT2D eigenvalue weighted by Gasteiger charge is -2.08. The van der Waals surface area contributed by atoms with Gasteiger partial charge in [-0.3, -0.25) is 4.79 Å². The molecule has 5 heteroatoms. The second kappa shape index (κ2) is 5.63. The van der Waals surface area contributed by atoms with Crippen molar-refractivity contribution in [3.8, 4) is 0 Å². The van der Waals surface area contributed by atoms with Crippen molar-refractivity contribution in [1.29, 1.82) is 0 Å². The van der Waals surface area contributed by atoms with E-state index < -0.39 is 0 Å². The van der Waals surface area contributed by atoms with E-state index in [4.69, 9.17) is 17.3 Å². The Labute approximate surface area is 124 Å². The molecule has 0 heterocycles. The monoisotopic (exact) mass is 338 g/mol. The van der Waals surface area contributed by atoms with Gasteiger partial charge < -0.3 is 11.1 Å². The van der Waals surface area contributed by atoms with Crippen molar-refractivity contribution in [3.05, 3.63) is 57.0 Å². The summed E-state index contributed by atoms with van der Waals surface area (Å²) < 4.78 is 0.998. The maximum absolute atomic E-state index is 12.1. The Bertz CT molecular complexity index is 623. The number of carbonyl (C=O) groups is 1. The summed E-state index contributed by atoms with van der Waals surface area (Å²) in [7, 11) is 0. The summed E-state index contributed by atoms with van der Waals surface area (Å²) in [6.07, 6.45) is 0. The van der Waals surface area contributed by atoms with Gasteiger partial charge in [0.15, 0.2) is 0 Å². The van der Waals surface area contributed by atoms with Crippen LogP contribution in [0, 0.1) is 6.92 Å². The summed E-state index contributed by atoms with van der Waals surface area (Å²) in [5, 5.41) is 3.25. The first-order valence-electron chi connectivity index (χ1n) is 5.59. The largest absolute Gasteiger partial charge is 0.399 e. The standard InChI is InChI=1S/C14H12BrClN2O/c1-8-4-12(2-3-13(8)15)18-14(19)9-5-10(16)7-11(17)6-9/h2-7H,17H2,1H3,(H,18,19). The number of anilines is 2. The molecule has 2 rings (SSSR count). The average Bonchev–Trinajstić information content (AvgIpc) is 2.32. The Morgan fingerprint density at radius 1 is 1.26 bits per heavy atom. The van der Waals surface area contributed by atoms with Gasteiger partial charge in [-0.2, -0.15) is 0 Å². The molecule has 0 aliphatic carbocycles. The maximum atomic E-state index is 12.1. The molecule has 0 unspecified atom stereocenters. The number of nitrogen functional groups attached to an aromatic ring is 1. The molecule has 19 heavy (non-hydrogen) atoms. The Morgan fingerprint density at radius 2 is 2.00 bits per heavy atom. The fourth-order valence-corrected chi connectivity index (χ4v) is 2.16. The van der Waals surface area contributed by atoms with Crippen molar-refractivity contribution >= 4 is 44.8 Å². The van der Waals surface area contributed by atoms with Crippen LogP contribution in [0.4, 0.5) is 11.4 Å². The average molecular weight is 340 g/mol. The molecule has 0 fully saturated rings. The van der Waals surface area contributed by atoms with E-state index in [1.54, 1.807) is 18.2 Å². The highest BCUT2D eigenvalue weighted by Crippen LogP contribution is 2.21. The molecule has 0 saturated carbocycles. The normalized spacial score (nSPS) is 10.3. The summed E-state index contributed by atoms with van der Waals surface area (Å²) in [5.41, 5.74) is 8.33. The number of aryl methyl sites for hydroxylation is 1. The van der Waals surface area contributed by atoms with Crippen LogP contribution in [-0.4, -0.2) is 5.91 Å². The number of amides is 1. The lowest BCUT2D eigenvalue weighted by molar-refractivity contribution is 0.102. The molecule has 2 aromatic rings. The van der Waals surface area contributed by atoms with Gasteiger partial charge in [0.2, 0.25) is 0 Å². The van der Waals surface area contributed by atoms with Crippen LogP contribution >= 0.6 is 27.5 Å². The zero-order valence-corrected chi connectivity index (χ0v) is 12.5. The van der Waals surface area contributed by atoms with Gasteiger partial charge in [-0.15, -0.1) is 0 Å². The van der Waals surface area contributed by atoms with E-state index in [9.17, 15) is 4.79 Å². The summed E-state index contributed by atoms with van der Waals surface area (Å²) in [6.45, 7) is 1.96. The van der Waals surface area contributed by atoms with Gasteiger partial charge in [0, 0.05) is 26.4 Å². The molecular weight excluding hydrogens is 328 g/mol. The minimum atomic E-state index is -0.240. The lowest BCUT2D eigenvalue weighted by Crippen LogP contribution is -2.12. The first-order chi connectivity index (χ1) is 8.95. The van der Waals surface area contributed by atoms with Crippen LogP contribution in [0.3, 0.4) is 0 Å². The van der Waals surface area contributed by atoms with Crippen molar-refractivity contribution in [2.45, 2.75) is 6.92 Å². The third kappa shape index (κ3) is 3.49. The molecule has 0 radical (unpaired) electrons. The van der Waals surface area contributed by atoms with E-state index in [1.165, 1.54) is 0 Å². The second-order valence-corrected chi connectivity index (χ2v) is 5.48. The molecule has 0 bridgehead atoms.